The largest absolute Gasteiger partial charge is 0.467 e. The first-order chi connectivity index (χ1) is 15.7. The molecule has 0 saturated carbocycles. The zero-order chi connectivity index (χ0) is 24.1. The van der Waals surface area contributed by atoms with Crippen LogP contribution in [0, 0.1) is 0 Å². The van der Waals surface area contributed by atoms with Gasteiger partial charge in [0.1, 0.15) is 11.3 Å². The van der Waals surface area contributed by atoms with E-state index in [1.54, 1.807) is 0 Å². The van der Waals surface area contributed by atoms with E-state index in [9.17, 15) is 9.59 Å². The van der Waals surface area contributed by atoms with E-state index in [0.717, 1.165) is 17.5 Å². The van der Waals surface area contributed by atoms with Crippen molar-refractivity contribution >= 4 is 11.9 Å². The molecule has 0 bridgehead atoms. The molecular formula is C27H36N2O4. The molecule has 6 nitrogen and oxygen atoms in total. The van der Waals surface area contributed by atoms with Gasteiger partial charge < -0.3 is 14.8 Å². The van der Waals surface area contributed by atoms with Crippen molar-refractivity contribution < 1.29 is 19.1 Å². The third kappa shape index (κ3) is 5.45. The summed E-state index contributed by atoms with van der Waals surface area (Å²) in [6.45, 7) is 8.32. The van der Waals surface area contributed by atoms with Crippen molar-refractivity contribution in [3.05, 3.63) is 71.8 Å². The lowest BCUT2D eigenvalue weighted by Gasteiger charge is -2.40. The minimum atomic E-state index is -1.14. The Labute approximate surface area is 197 Å². The molecule has 0 aromatic heterocycles. The van der Waals surface area contributed by atoms with Gasteiger partial charge in [-0.15, -0.1) is 0 Å². The van der Waals surface area contributed by atoms with E-state index < -0.39 is 23.3 Å². The van der Waals surface area contributed by atoms with Crippen molar-refractivity contribution in [3.8, 4) is 0 Å². The molecule has 3 atom stereocenters. The first kappa shape index (κ1) is 24.9. The van der Waals surface area contributed by atoms with Crippen LogP contribution in [0.2, 0.25) is 0 Å². The van der Waals surface area contributed by atoms with Gasteiger partial charge in [0.15, 0.2) is 0 Å². The number of ether oxygens (including phenoxy) is 2. The van der Waals surface area contributed by atoms with Gasteiger partial charge in [-0.25, -0.2) is 4.79 Å². The topological polar surface area (TPSA) is 67.9 Å². The van der Waals surface area contributed by atoms with Gasteiger partial charge in [-0.1, -0.05) is 74.0 Å². The summed E-state index contributed by atoms with van der Waals surface area (Å²) in [5.41, 5.74) is 0.300. The van der Waals surface area contributed by atoms with E-state index in [1.165, 1.54) is 7.11 Å². The lowest BCUT2D eigenvalue weighted by molar-refractivity contribution is -0.153. The van der Waals surface area contributed by atoms with Crippen molar-refractivity contribution in [1.82, 2.24) is 10.2 Å². The van der Waals surface area contributed by atoms with Crippen LogP contribution < -0.4 is 5.32 Å². The van der Waals surface area contributed by atoms with Crippen LogP contribution in [0.5, 0.6) is 0 Å². The Hall–Kier alpha value is -2.70. The van der Waals surface area contributed by atoms with Crippen molar-refractivity contribution in [1.29, 1.82) is 0 Å². The maximum absolute atomic E-state index is 13.7. The van der Waals surface area contributed by atoms with E-state index in [2.05, 4.69) is 22.3 Å². The highest BCUT2D eigenvalue weighted by molar-refractivity contribution is 5.90. The fraction of sp³-hybridized carbons (Fsp3) is 0.481. The van der Waals surface area contributed by atoms with Gasteiger partial charge in [0.25, 0.3) is 0 Å². The van der Waals surface area contributed by atoms with Crippen LogP contribution in [-0.2, 0) is 25.5 Å². The molecule has 1 N–H and O–H groups in total. The minimum Gasteiger partial charge on any atom is -0.467 e. The minimum absolute atomic E-state index is 0.0604. The summed E-state index contributed by atoms with van der Waals surface area (Å²) < 4.78 is 11.3. The molecule has 33 heavy (non-hydrogen) atoms. The molecule has 1 fully saturated rings. The second-order valence-corrected chi connectivity index (χ2v) is 9.24. The third-order valence-corrected chi connectivity index (χ3v) is 6.50. The van der Waals surface area contributed by atoms with Crippen LogP contribution in [0.15, 0.2) is 60.7 Å². The normalized spacial score (nSPS) is 20.6. The predicted octanol–water partition coefficient (Wildman–Crippen LogP) is 4.26. The predicted molar refractivity (Wildman–Crippen MR) is 128 cm³/mol. The number of esters is 1. The molecule has 1 saturated heterocycles. The summed E-state index contributed by atoms with van der Waals surface area (Å²) in [4.78, 5) is 28.8. The number of amides is 1. The lowest BCUT2D eigenvalue weighted by Crippen LogP contribution is -2.61. The summed E-state index contributed by atoms with van der Waals surface area (Å²) in [5, 5.41) is 3.11. The van der Waals surface area contributed by atoms with Crippen LogP contribution in [0.4, 0.5) is 0 Å². The smallest absolute Gasteiger partial charge is 0.331 e. The van der Waals surface area contributed by atoms with Crippen LogP contribution in [0.1, 0.15) is 57.7 Å². The molecule has 0 spiro atoms. The highest BCUT2D eigenvalue weighted by Gasteiger charge is 2.48. The van der Waals surface area contributed by atoms with Crippen LogP contribution in [-0.4, -0.2) is 47.8 Å². The van der Waals surface area contributed by atoms with Gasteiger partial charge in [0.2, 0.25) is 5.91 Å². The Kier molecular flexibility index (Phi) is 7.92. The summed E-state index contributed by atoms with van der Waals surface area (Å²) in [5.74, 6) is -0.644. The molecule has 0 unspecified atom stereocenters. The second kappa shape index (κ2) is 10.5. The summed E-state index contributed by atoms with van der Waals surface area (Å²) in [6, 6.07) is 19.2. The highest BCUT2D eigenvalue weighted by Crippen LogP contribution is 2.38. The molecule has 0 aliphatic carbocycles. The Balaban J connectivity index is 1.90. The zero-order valence-electron chi connectivity index (χ0n) is 20.3. The average molecular weight is 453 g/mol. The summed E-state index contributed by atoms with van der Waals surface area (Å²) in [7, 11) is 1.37. The standard InChI is InChI=1S/C27H36N2O4/c1-6-17-27(25(31)32-5,18-21-13-9-7-10-14-21)28-24(30)20(2)29-23(19-33-26(29,3)4)22-15-11-8-12-16-22/h7-16,20,23H,6,17-19H2,1-5H3,(H,28,30)/t20-,23-,27-/m0/s1. The number of nitrogens with zero attached hydrogens (tertiary/aromatic N) is 1. The molecule has 178 valence electrons. The summed E-state index contributed by atoms with van der Waals surface area (Å²) >= 11 is 0. The van der Waals surface area contributed by atoms with Crippen molar-refractivity contribution in [2.24, 2.45) is 0 Å². The lowest BCUT2D eigenvalue weighted by atomic mass is 9.85. The molecule has 1 aliphatic heterocycles. The quantitative estimate of drug-likeness (QED) is 0.576. The van der Waals surface area contributed by atoms with E-state index in [4.69, 9.17) is 9.47 Å². The SMILES string of the molecule is CCC[C@@](Cc1ccccc1)(NC(=O)[C@H](C)N1[C@H](c2ccccc2)COC1(C)C)C(=O)OC. The third-order valence-electron chi connectivity index (χ3n) is 6.50. The molecule has 1 aliphatic rings. The molecule has 2 aromatic carbocycles. The van der Waals surface area contributed by atoms with Gasteiger partial charge in [-0.05, 0) is 38.3 Å². The van der Waals surface area contributed by atoms with Crippen molar-refractivity contribution in [2.75, 3.05) is 13.7 Å². The van der Waals surface area contributed by atoms with Crippen LogP contribution >= 0.6 is 0 Å². The van der Waals surface area contributed by atoms with E-state index in [1.807, 2.05) is 76.2 Å². The van der Waals surface area contributed by atoms with E-state index in [-0.39, 0.29) is 11.9 Å². The van der Waals surface area contributed by atoms with E-state index in [0.29, 0.717) is 19.4 Å². The van der Waals surface area contributed by atoms with E-state index >= 15 is 0 Å². The number of carbonyl (C=O) groups is 2. The maximum Gasteiger partial charge on any atom is 0.331 e. The maximum atomic E-state index is 13.7. The van der Waals surface area contributed by atoms with Gasteiger partial charge in [-0.3, -0.25) is 9.69 Å². The second-order valence-electron chi connectivity index (χ2n) is 9.24. The number of rotatable bonds is 9. The molecule has 1 amide bonds. The number of carbonyl (C=O) groups excluding carboxylic acids is 2. The van der Waals surface area contributed by atoms with Crippen LogP contribution in [0.3, 0.4) is 0 Å². The number of methoxy groups -OCH3 is 1. The molecule has 0 radical (unpaired) electrons. The Morgan fingerprint density at radius 3 is 2.33 bits per heavy atom. The van der Waals surface area contributed by atoms with Gasteiger partial charge in [-0.2, -0.15) is 0 Å². The summed E-state index contributed by atoms with van der Waals surface area (Å²) in [6.07, 6.45) is 1.57. The van der Waals surface area contributed by atoms with Crippen molar-refractivity contribution in [2.45, 2.75) is 70.3 Å². The first-order valence-corrected chi connectivity index (χ1v) is 11.7. The fourth-order valence-electron chi connectivity index (χ4n) is 4.93. The highest BCUT2D eigenvalue weighted by atomic mass is 16.5. The average Bonchev–Trinajstić information content (AvgIpc) is 3.14. The molecule has 2 aromatic rings. The Morgan fingerprint density at radius 1 is 1.15 bits per heavy atom. The monoisotopic (exact) mass is 452 g/mol. The van der Waals surface area contributed by atoms with Crippen LogP contribution in [0.25, 0.3) is 0 Å². The number of hydrogen-bond donors (Lipinski definition) is 1. The van der Waals surface area contributed by atoms with Gasteiger partial charge in [0.05, 0.1) is 25.8 Å². The van der Waals surface area contributed by atoms with Gasteiger partial charge >= 0.3 is 5.97 Å². The molecule has 3 rings (SSSR count). The molecule has 1 heterocycles. The van der Waals surface area contributed by atoms with Crippen molar-refractivity contribution in [3.63, 3.8) is 0 Å². The molecular weight excluding hydrogens is 416 g/mol. The fourth-order valence-corrected chi connectivity index (χ4v) is 4.93. The van der Waals surface area contributed by atoms with Gasteiger partial charge in [0, 0.05) is 6.42 Å². The first-order valence-electron chi connectivity index (χ1n) is 11.7. The Bertz CT molecular complexity index is 932. The zero-order valence-corrected chi connectivity index (χ0v) is 20.3. The number of benzene rings is 2. The molecule has 6 heteroatoms. The number of nitrogens with one attached hydrogen (secondary N) is 1. The number of hydrogen-bond acceptors (Lipinski definition) is 5. The Morgan fingerprint density at radius 2 is 1.76 bits per heavy atom.